The summed E-state index contributed by atoms with van der Waals surface area (Å²) in [5.74, 6) is 1.23. The first-order valence-electron chi connectivity index (χ1n) is 9.43. The van der Waals surface area contributed by atoms with Crippen LogP contribution in [0.1, 0.15) is 49.8 Å². The molecular weight excluding hydrogens is 324 g/mol. The highest BCUT2D eigenvalue weighted by molar-refractivity contribution is 7.99. The highest BCUT2D eigenvalue weighted by Crippen LogP contribution is 2.35. The Kier molecular flexibility index (Phi) is 6.99. The van der Waals surface area contributed by atoms with E-state index in [1.165, 1.54) is 54.2 Å². The lowest BCUT2D eigenvalue weighted by molar-refractivity contribution is 0.655. The van der Waals surface area contributed by atoms with Gasteiger partial charge in [-0.3, -0.25) is 0 Å². The van der Waals surface area contributed by atoms with Crippen LogP contribution in [0.5, 0.6) is 0 Å². The van der Waals surface area contributed by atoms with Gasteiger partial charge in [-0.1, -0.05) is 75.1 Å². The SMILES string of the molecule is CCCCCCCSC(Cn1ccnc1)c1cccc2ccccc12. The first-order valence-corrected chi connectivity index (χ1v) is 10.5. The number of imidazole rings is 1. The maximum Gasteiger partial charge on any atom is 0.0946 e. The van der Waals surface area contributed by atoms with Gasteiger partial charge in [0.1, 0.15) is 0 Å². The molecule has 2 nitrogen and oxygen atoms in total. The normalized spacial score (nSPS) is 12.5. The Morgan fingerprint density at radius 1 is 1.00 bits per heavy atom. The second-order valence-corrected chi connectivity index (χ2v) is 7.91. The summed E-state index contributed by atoms with van der Waals surface area (Å²) in [6.45, 7) is 3.25. The zero-order valence-electron chi connectivity index (χ0n) is 15.1. The molecule has 0 fully saturated rings. The second-order valence-electron chi connectivity index (χ2n) is 6.60. The number of hydrogen-bond acceptors (Lipinski definition) is 2. The smallest absolute Gasteiger partial charge is 0.0946 e. The summed E-state index contributed by atoms with van der Waals surface area (Å²) in [6.07, 6.45) is 12.6. The lowest BCUT2D eigenvalue weighted by Gasteiger charge is -2.20. The van der Waals surface area contributed by atoms with Crippen LogP contribution in [0.3, 0.4) is 0 Å². The Morgan fingerprint density at radius 2 is 1.84 bits per heavy atom. The molecule has 1 aromatic heterocycles. The number of benzene rings is 2. The van der Waals surface area contributed by atoms with Gasteiger partial charge in [0.15, 0.2) is 0 Å². The summed E-state index contributed by atoms with van der Waals surface area (Å²) in [5.41, 5.74) is 1.45. The average molecular weight is 353 g/mol. The molecule has 3 rings (SSSR count). The maximum atomic E-state index is 4.22. The molecule has 132 valence electrons. The molecule has 0 aliphatic carbocycles. The van der Waals surface area contributed by atoms with E-state index in [1.54, 1.807) is 0 Å². The van der Waals surface area contributed by atoms with E-state index in [9.17, 15) is 0 Å². The van der Waals surface area contributed by atoms with Crippen molar-refractivity contribution >= 4 is 22.5 Å². The number of aromatic nitrogens is 2. The largest absolute Gasteiger partial charge is 0.336 e. The minimum atomic E-state index is 0.464. The monoisotopic (exact) mass is 352 g/mol. The van der Waals surface area contributed by atoms with Crippen LogP contribution in [-0.4, -0.2) is 15.3 Å². The number of rotatable bonds is 10. The quantitative estimate of drug-likeness (QED) is 0.389. The molecular formula is C22H28N2S. The molecule has 0 bridgehead atoms. The van der Waals surface area contributed by atoms with Gasteiger partial charge in [0.05, 0.1) is 6.33 Å². The first-order chi connectivity index (χ1) is 12.4. The van der Waals surface area contributed by atoms with Crippen LogP contribution in [0.25, 0.3) is 10.8 Å². The van der Waals surface area contributed by atoms with Crippen molar-refractivity contribution in [1.82, 2.24) is 9.55 Å². The maximum absolute atomic E-state index is 4.22. The Hall–Kier alpha value is -1.74. The van der Waals surface area contributed by atoms with Gasteiger partial charge in [0, 0.05) is 24.2 Å². The lowest BCUT2D eigenvalue weighted by Crippen LogP contribution is -2.06. The van der Waals surface area contributed by atoms with Crippen LogP contribution in [0.2, 0.25) is 0 Å². The van der Waals surface area contributed by atoms with E-state index in [0.29, 0.717) is 5.25 Å². The Balaban J connectivity index is 1.73. The number of nitrogens with zero attached hydrogens (tertiary/aromatic N) is 2. The summed E-state index contributed by atoms with van der Waals surface area (Å²) in [4.78, 5) is 4.22. The van der Waals surface area contributed by atoms with E-state index in [0.717, 1.165) is 6.54 Å². The van der Waals surface area contributed by atoms with E-state index in [4.69, 9.17) is 0 Å². The van der Waals surface area contributed by atoms with Crippen LogP contribution in [0.4, 0.5) is 0 Å². The fourth-order valence-electron chi connectivity index (χ4n) is 3.29. The molecule has 3 heteroatoms. The fraction of sp³-hybridized carbons (Fsp3) is 0.409. The van der Waals surface area contributed by atoms with Gasteiger partial charge < -0.3 is 4.57 Å². The standard InChI is InChI=1S/C22H28N2S/c1-2-3-4-5-8-16-25-22(17-24-15-14-23-18-24)21-13-9-11-19-10-6-7-12-20(19)21/h6-7,9-15,18,22H,2-5,8,16-17H2,1H3. The summed E-state index contributed by atoms with van der Waals surface area (Å²) >= 11 is 2.10. The fourth-order valence-corrected chi connectivity index (χ4v) is 4.61. The number of thioether (sulfide) groups is 1. The minimum absolute atomic E-state index is 0.464. The molecule has 0 saturated carbocycles. The van der Waals surface area contributed by atoms with Gasteiger partial charge in [0.2, 0.25) is 0 Å². The molecule has 3 aromatic rings. The van der Waals surface area contributed by atoms with Crippen molar-refractivity contribution in [3.63, 3.8) is 0 Å². The highest BCUT2D eigenvalue weighted by atomic mass is 32.2. The van der Waals surface area contributed by atoms with Crippen molar-refractivity contribution in [2.45, 2.75) is 50.8 Å². The van der Waals surface area contributed by atoms with Gasteiger partial charge in [0.25, 0.3) is 0 Å². The van der Waals surface area contributed by atoms with Crippen LogP contribution >= 0.6 is 11.8 Å². The molecule has 25 heavy (non-hydrogen) atoms. The summed E-state index contributed by atoms with van der Waals surface area (Å²) in [6, 6.07) is 15.4. The van der Waals surface area contributed by atoms with Gasteiger partial charge in [-0.15, -0.1) is 0 Å². The van der Waals surface area contributed by atoms with Gasteiger partial charge in [-0.2, -0.15) is 11.8 Å². The number of fused-ring (bicyclic) bond motifs is 1. The van der Waals surface area contributed by atoms with E-state index in [2.05, 4.69) is 76.9 Å². The molecule has 0 radical (unpaired) electrons. The molecule has 2 aromatic carbocycles. The average Bonchev–Trinajstić information content (AvgIpc) is 3.16. The minimum Gasteiger partial charge on any atom is -0.336 e. The topological polar surface area (TPSA) is 17.8 Å². The van der Waals surface area contributed by atoms with Gasteiger partial charge in [-0.05, 0) is 28.5 Å². The molecule has 1 atom stereocenters. The van der Waals surface area contributed by atoms with Crippen molar-refractivity contribution in [3.8, 4) is 0 Å². The number of unbranched alkanes of at least 4 members (excludes halogenated alkanes) is 4. The van der Waals surface area contributed by atoms with Crippen LogP contribution in [-0.2, 0) is 6.54 Å². The van der Waals surface area contributed by atoms with E-state index < -0.39 is 0 Å². The van der Waals surface area contributed by atoms with Crippen LogP contribution < -0.4 is 0 Å². The first kappa shape index (κ1) is 18.1. The molecule has 1 heterocycles. The second kappa shape index (κ2) is 9.67. The van der Waals surface area contributed by atoms with Crippen LogP contribution in [0, 0.1) is 0 Å². The van der Waals surface area contributed by atoms with Crippen molar-refractivity contribution in [2.24, 2.45) is 0 Å². The molecule has 1 unspecified atom stereocenters. The van der Waals surface area contributed by atoms with E-state index >= 15 is 0 Å². The van der Waals surface area contributed by atoms with Crippen molar-refractivity contribution in [3.05, 3.63) is 66.7 Å². The summed E-state index contributed by atoms with van der Waals surface area (Å²) in [7, 11) is 0. The Labute approximate surface area is 155 Å². The third-order valence-corrected chi connectivity index (χ3v) is 6.00. The molecule has 0 spiro atoms. The molecule has 0 saturated heterocycles. The summed E-state index contributed by atoms with van der Waals surface area (Å²) < 4.78 is 2.20. The van der Waals surface area contributed by atoms with Crippen LogP contribution in [0.15, 0.2) is 61.2 Å². The molecule has 0 amide bonds. The zero-order chi connectivity index (χ0) is 17.3. The van der Waals surface area contributed by atoms with Gasteiger partial charge >= 0.3 is 0 Å². The Morgan fingerprint density at radius 3 is 2.68 bits per heavy atom. The van der Waals surface area contributed by atoms with Crippen molar-refractivity contribution in [2.75, 3.05) is 5.75 Å². The summed E-state index contributed by atoms with van der Waals surface area (Å²) in [5, 5.41) is 3.18. The third kappa shape index (κ3) is 5.12. The molecule has 0 N–H and O–H groups in total. The lowest BCUT2D eigenvalue weighted by atomic mass is 10.0. The third-order valence-electron chi connectivity index (χ3n) is 4.67. The van der Waals surface area contributed by atoms with Crippen molar-refractivity contribution in [1.29, 1.82) is 0 Å². The van der Waals surface area contributed by atoms with Gasteiger partial charge in [-0.25, -0.2) is 4.98 Å². The highest BCUT2D eigenvalue weighted by Gasteiger charge is 2.15. The van der Waals surface area contributed by atoms with E-state index in [-0.39, 0.29) is 0 Å². The van der Waals surface area contributed by atoms with Crippen molar-refractivity contribution < 1.29 is 0 Å². The molecule has 0 aliphatic heterocycles. The number of hydrogen-bond donors (Lipinski definition) is 0. The zero-order valence-corrected chi connectivity index (χ0v) is 15.9. The predicted molar refractivity (Wildman–Crippen MR) is 110 cm³/mol. The predicted octanol–water partition coefficient (Wildman–Crippen LogP) is 6.48. The molecule has 0 aliphatic rings. The Bertz CT molecular complexity index is 746. The van der Waals surface area contributed by atoms with E-state index in [1.807, 2.05) is 12.5 Å².